The summed E-state index contributed by atoms with van der Waals surface area (Å²) in [5.74, 6) is -0.519. The number of carbonyl (C=O) groups is 1. The van der Waals surface area contributed by atoms with Crippen molar-refractivity contribution in [3.05, 3.63) is 0 Å². The van der Waals surface area contributed by atoms with Gasteiger partial charge in [-0.25, -0.2) is 0 Å². The van der Waals surface area contributed by atoms with Gasteiger partial charge in [0.15, 0.2) is 0 Å². The molecule has 0 rings (SSSR count). The molecule has 0 aromatic rings. The van der Waals surface area contributed by atoms with Gasteiger partial charge < -0.3 is 15.4 Å². The van der Waals surface area contributed by atoms with Crippen LogP contribution in [-0.2, 0) is 4.79 Å². The average molecular weight is 181 g/mol. The molecule has 5 heteroatoms. The number of carboxylic acids is 1. The molecule has 0 aliphatic heterocycles. The molecule has 68 valence electrons. The minimum atomic E-state index is -1.60. The molecule has 0 aliphatic rings. The maximum absolute atomic E-state index is 10.2. The van der Waals surface area contributed by atoms with E-state index in [0.29, 0.717) is 12.2 Å². The van der Waals surface area contributed by atoms with Crippen LogP contribution in [0.2, 0.25) is 0 Å². The van der Waals surface area contributed by atoms with Crippen molar-refractivity contribution in [2.75, 3.05) is 18.3 Å². The third-order valence-electron chi connectivity index (χ3n) is 1.25. The van der Waals surface area contributed by atoms with Crippen LogP contribution in [0.3, 0.4) is 0 Å². The van der Waals surface area contributed by atoms with Gasteiger partial charge in [0.25, 0.3) is 0 Å². The van der Waals surface area contributed by atoms with E-state index in [2.05, 4.69) is 0 Å². The quantitative estimate of drug-likeness (QED) is 0.583. The Morgan fingerprint density at radius 3 is 2.36 bits per heavy atom. The van der Waals surface area contributed by atoms with E-state index >= 15 is 0 Å². The zero-order valence-corrected chi connectivity index (χ0v) is 7.60. The van der Waals surface area contributed by atoms with Crippen molar-refractivity contribution in [2.45, 2.75) is 12.5 Å². The van der Waals surface area contributed by atoms with Gasteiger partial charge in [-0.15, -0.1) is 10.3 Å². The topological polar surface area (TPSA) is 83.5 Å². The van der Waals surface area contributed by atoms with Crippen LogP contribution in [-0.4, -0.2) is 39.9 Å². The van der Waals surface area contributed by atoms with Crippen molar-refractivity contribution in [3.63, 3.8) is 0 Å². The van der Waals surface area contributed by atoms with Crippen LogP contribution in [0.25, 0.3) is 0 Å². The Morgan fingerprint density at radius 2 is 2.09 bits per heavy atom. The molecule has 0 saturated heterocycles. The van der Waals surface area contributed by atoms with Crippen molar-refractivity contribution in [3.8, 4) is 0 Å². The summed E-state index contributed by atoms with van der Waals surface area (Å²) in [5.41, 5.74) is 5.23. The highest BCUT2D eigenvalue weighted by molar-refractivity contribution is 8.28. The summed E-state index contributed by atoms with van der Waals surface area (Å²) in [4.78, 5) is 10.2. The highest BCUT2D eigenvalue weighted by atomic mass is 32.3. The number of hydrogen-bond acceptors (Lipinski definition) is 3. The first-order valence-corrected chi connectivity index (χ1v) is 5.82. The molecule has 0 aromatic carbocycles. The number of hydrogen-bond donors (Lipinski definition) is 3. The van der Waals surface area contributed by atoms with E-state index in [0.717, 1.165) is 0 Å². The second-order valence-corrected chi connectivity index (χ2v) is 6.29. The van der Waals surface area contributed by atoms with E-state index in [1.165, 1.54) is 0 Å². The summed E-state index contributed by atoms with van der Waals surface area (Å²) in [7, 11) is -1.60. The van der Waals surface area contributed by atoms with Crippen molar-refractivity contribution in [2.24, 2.45) is 5.73 Å². The van der Waals surface area contributed by atoms with Crippen molar-refractivity contribution < 1.29 is 14.5 Å². The number of rotatable bonds is 4. The first-order valence-electron chi connectivity index (χ1n) is 3.25. The van der Waals surface area contributed by atoms with Crippen LogP contribution < -0.4 is 5.73 Å². The van der Waals surface area contributed by atoms with Gasteiger partial charge in [-0.1, -0.05) is 0 Å². The Labute approximate surface area is 67.9 Å². The summed E-state index contributed by atoms with van der Waals surface area (Å²) in [6, 6.07) is -0.839. The van der Waals surface area contributed by atoms with Crippen LogP contribution in [0.5, 0.6) is 0 Å². The highest BCUT2D eigenvalue weighted by Crippen LogP contribution is 2.34. The molecule has 0 fully saturated rings. The van der Waals surface area contributed by atoms with E-state index in [1.54, 1.807) is 12.5 Å². The average Bonchev–Trinajstić information content (AvgIpc) is 1.80. The maximum atomic E-state index is 10.2. The van der Waals surface area contributed by atoms with Gasteiger partial charge >= 0.3 is 5.97 Å². The Kier molecular flexibility index (Phi) is 3.85. The molecule has 1 atom stereocenters. The lowest BCUT2D eigenvalue weighted by Crippen LogP contribution is -2.31. The summed E-state index contributed by atoms with van der Waals surface area (Å²) >= 11 is 0. The van der Waals surface area contributed by atoms with Crippen LogP contribution in [0.15, 0.2) is 0 Å². The number of aliphatic carboxylic acids is 1. The molecular formula is C6H15NO3S. The Balaban J connectivity index is 3.63. The lowest BCUT2D eigenvalue weighted by atomic mass is 10.2. The van der Waals surface area contributed by atoms with Gasteiger partial charge in [-0.3, -0.25) is 4.79 Å². The zero-order chi connectivity index (χ0) is 9.07. The van der Waals surface area contributed by atoms with Crippen molar-refractivity contribution in [1.82, 2.24) is 0 Å². The lowest BCUT2D eigenvalue weighted by Gasteiger charge is -2.23. The standard InChI is InChI=1S/C6H15NO3S/c1-11(2,10)4-3-5(7)6(8)9/h5,10H,3-4,7H2,1-2H3,(H,8,9). The predicted octanol–water partition coefficient (Wildman–Crippen LogP) is 0.326. The third-order valence-corrected chi connectivity index (χ3v) is 2.48. The molecule has 4 N–H and O–H groups in total. The normalized spacial score (nSPS) is 16.0. The summed E-state index contributed by atoms with van der Waals surface area (Å²) in [6.07, 6.45) is 3.76. The number of carboxylic acid groups (broad SMARTS) is 1. The summed E-state index contributed by atoms with van der Waals surface area (Å²) < 4.78 is 9.28. The van der Waals surface area contributed by atoms with E-state index in [4.69, 9.17) is 10.8 Å². The Bertz CT molecular complexity index is 143. The predicted molar refractivity (Wildman–Crippen MR) is 47.2 cm³/mol. The van der Waals surface area contributed by atoms with Gasteiger partial charge in [-0.05, 0) is 18.9 Å². The molecule has 0 spiro atoms. The van der Waals surface area contributed by atoms with Gasteiger partial charge in [-0.2, -0.15) is 0 Å². The molecule has 11 heavy (non-hydrogen) atoms. The second kappa shape index (κ2) is 3.94. The fourth-order valence-electron chi connectivity index (χ4n) is 0.539. The van der Waals surface area contributed by atoms with Crippen molar-refractivity contribution >= 4 is 16.3 Å². The van der Waals surface area contributed by atoms with Crippen molar-refractivity contribution in [1.29, 1.82) is 0 Å². The Morgan fingerprint density at radius 1 is 1.64 bits per heavy atom. The van der Waals surface area contributed by atoms with Gasteiger partial charge in [0.1, 0.15) is 6.04 Å². The van der Waals surface area contributed by atoms with E-state index in [1.807, 2.05) is 0 Å². The Hall–Kier alpha value is -0.260. The minimum absolute atomic E-state index is 0.341. The third kappa shape index (κ3) is 6.15. The van der Waals surface area contributed by atoms with Crippen LogP contribution in [0.4, 0.5) is 0 Å². The summed E-state index contributed by atoms with van der Waals surface area (Å²) in [5, 5.41) is 8.38. The fourth-order valence-corrected chi connectivity index (χ4v) is 1.37. The molecule has 0 radical (unpaired) electrons. The minimum Gasteiger partial charge on any atom is -0.480 e. The molecule has 0 aromatic heterocycles. The van der Waals surface area contributed by atoms with Crippen LogP contribution >= 0.6 is 10.3 Å². The van der Waals surface area contributed by atoms with E-state index in [-0.39, 0.29) is 0 Å². The first kappa shape index (κ1) is 10.7. The lowest BCUT2D eigenvalue weighted by molar-refractivity contribution is -0.138. The smallest absolute Gasteiger partial charge is 0.320 e. The molecule has 1 unspecified atom stereocenters. The van der Waals surface area contributed by atoms with E-state index < -0.39 is 22.3 Å². The fraction of sp³-hybridized carbons (Fsp3) is 0.833. The second-order valence-electron chi connectivity index (χ2n) is 2.92. The largest absolute Gasteiger partial charge is 0.480 e. The first-order chi connectivity index (χ1) is 4.83. The molecule has 0 bridgehead atoms. The molecular weight excluding hydrogens is 166 g/mol. The molecule has 0 heterocycles. The molecule has 0 amide bonds. The highest BCUT2D eigenvalue weighted by Gasteiger charge is 2.14. The summed E-state index contributed by atoms with van der Waals surface area (Å²) in [6.45, 7) is 0. The van der Waals surface area contributed by atoms with E-state index in [9.17, 15) is 9.35 Å². The van der Waals surface area contributed by atoms with Gasteiger partial charge in [0, 0.05) is 5.75 Å². The van der Waals surface area contributed by atoms with Crippen LogP contribution in [0, 0.1) is 0 Å². The molecule has 0 aliphatic carbocycles. The zero-order valence-electron chi connectivity index (χ0n) is 6.78. The van der Waals surface area contributed by atoms with Gasteiger partial charge in [0.05, 0.1) is 0 Å². The maximum Gasteiger partial charge on any atom is 0.320 e. The van der Waals surface area contributed by atoms with Crippen LogP contribution in [0.1, 0.15) is 6.42 Å². The SMILES string of the molecule is CS(C)(O)CCC(N)C(=O)O. The number of nitrogens with two attached hydrogens (primary N) is 1. The molecule has 4 nitrogen and oxygen atoms in total. The molecule has 0 saturated carbocycles. The monoisotopic (exact) mass is 181 g/mol. The van der Waals surface area contributed by atoms with Gasteiger partial charge in [0.2, 0.25) is 0 Å².